The number of amides is 3. The Balaban J connectivity index is 0.0000124. The van der Waals surface area contributed by atoms with Crippen molar-refractivity contribution in [3.8, 4) is 0 Å². The molecule has 3 fully saturated rings. The van der Waals surface area contributed by atoms with Gasteiger partial charge in [0.05, 0.1) is 74.6 Å². The molecular formula is C30H54N4Na3O22P3. The molecular weight excluding hydrogens is 930 g/mol. The number of phosphoric ester groups is 3. The van der Waals surface area contributed by atoms with E-state index in [0.29, 0.717) is 0 Å². The Labute approximate surface area is 423 Å². The van der Waals surface area contributed by atoms with Gasteiger partial charge >= 0.3 is 88.7 Å². The van der Waals surface area contributed by atoms with Crippen molar-refractivity contribution in [2.24, 2.45) is 23.5 Å². The van der Waals surface area contributed by atoms with E-state index in [1.165, 1.54) is 0 Å². The maximum atomic E-state index is 13.2. The van der Waals surface area contributed by atoms with Crippen LogP contribution in [0.5, 0.6) is 0 Å². The summed E-state index contributed by atoms with van der Waals surface area (Å²) in [5, 5.41) is 80.5. The molecule has 3 aliphatic rings. The van der Waals surface area contributed by atoms with Crippen molar-refractivity contribution in [2.75, 3.05) is 33.0 Å². The molecule has 0 aromatic rings. The smallest absolute Gasteiger partial charge is 0.756 e. The third-order valence-electron chi connectivity index (χ3n) is 10.0. The largest absolute Gasteiger partial charge is 1.00 e. The molecule has 0 bridgehead atoms. The van der Waals surface area contributed by atoms with Gasteiger partial charge in [0.2, 0.25) is 17.7 Å². The van der Waals surface area contributed by atoms with E-state index < -0.39 is 165 Å². The Morgan fingerprint density at radius 1 is 0.565 bits per heavy atom. The van der Waals surface area contributed by atoms with Crippen LogP contribution in [0.4, 0.5) is 0 Å². The molecule has 344 valence electrons. The summed E-state index contributed by atoms with van der Waals surface area (Å²) in [5.41, 5.74) is 5.34. The van der Waals surface area contributed by atoms with E-state index in [9.17, 15) is 78.5 Å². The van der Waals surface area contributed by atoms with Crippen molar-refractivity contribution < 1.29 is 194 Å². The van der Waals surface area contributed by atoms with Gasteiger partial charge in [0.25, 0.3) is 23.5 Å². The number of carbonyl (C=O) groups is 3. The van der Waals surface area contributed by atoms with Crippen LogP contribution in [0.1, 0.15) is 46.5 Å². The van der Waals surface area contributed by atoms with E-state index in [-0.39, 0.29) is 115 Å². The maximum Gasteiger partial charge on any atom is 1.00 e. The fourth-order valence-electron chi connectivity index (χ4n) is 7.19. The van der Waals surface area contributed by atoms with Crippen molar-refractivity contribution in [1.82, 2.24) is 16.0 Å². The first-order valence-corrected chi connectivity index (χ1v) is 22.8. The van der Waals surface area contributed by atoms with Crippen LogP contribution in [0.15, 0.2) is 0 Å². The van der Waals surface area contributed by atoms with Crippen LogP contribution in [0, 0.1) is 17.8 Å². The SMILES string of the molecule is CC(=O)N[C@H]1[C@@H](O)[C@H](O)[C@@H](CO)C[C@@H]1OP(=O)([O-])OC[C@H]1C[C@H](OP(=O)([O-])OC[C@H]2C[C@H](OP(=O)([O-])OCCCN)[C@@H](NC(C)=O)[C@@H](O)[C@@H]2O)[C@@H](NC(C)=O)[C@@H](O)[C@@H]1O.[Na+].[Na+].[Na+]. The van der Waals surface area contributed by atoms with Gasteiger partial charge in [0.1, 0.15) is 18.3 Å². The molecule has 0 saturated heterocycles. The minimum atomic E-state index is -5.59. The zero-order valence-corrected chi connectivity index (χ0v) is 43.9. The Morgan fingerprint density at radius 3 is 1.15 bits per heavy atom. The number of hydrogen-bond acceptors (Lipinski definition) is 23. The summed E-state index contributed by atoms with van der Waals surface area (Å²) in [6.45, 7) is 0.113. The Morgan fingerprint density at radius 2 is 0.855 bits per heavy atom. The topological polar surface area (TPSA) is 431 Å². The van der Waals surface area contributed by atoms with Crippen molar-refractivity contribution in [3.63, 3.8) is 0 Å². The summed E-state index contributed by atoms with van der Waals surface area (Å²) in [7, 11) is -16.2. The maximum absolute atomic E-state index is 13.2. The number of nitrogens with one attached hydrogen (secondary N) is 3. The van der Waals surface area contributed by atoms with Crippen molar-refractivity contribution in [1.29, 1.82) is 0 Å². The summed E-state index contributed by atoms with van der Waals surface area (Å²) in [6, 6.07) is -4.66. The van der Waals surface area contributed by atoms with Crippen LogP contribution in [-0.2, 0) is 55.2 Å². The van der Waals surface area contributed by atoms with E-state index in [4.69, 9.17) is 32.9 Å². The molecule has 3 unspecified atom stereocenters. The number of rotatable bonds is 20. The Kier molecular flexibility index (Phi) is 28.8. The van der Waals surface area contributed by atoms with E-state index in [1.807, 2.05) is 0 Å². The molecule has 0 spiro atoms. The van der Waals surface area contributed by atoms with Gasteiger partial charge in [-0.15, -0.1) is 0 Å². The van der Waals surface area contributed by atoms with Crippen LogP contribution in [0.2, 0.25) is 0 Å². The summed E-state index contributed by atoms with van der Waals surface area (Å²) in [4.78, 5) is 74.2. The first-order chi connectivity index (χ1) is 27.3. The fourth-order valence-corrected chi connectivity index (χ4v) is 10.1. The van der Waals surface area contributed by atoms with E-state index in [1.54, 1.807) is 0 Å². The average Bonchev–Trinajstić information content (AvgIpc) is 3.12. The summed E-state index contributed by atoms with van der Waals surface area (Å²) in [6.07, 6.45) is -17.4. The van der Waals surface area contributed by atoms with Gasteiger partial charge in [-0.1, -0.05) is 0 Å². The standard InChI is InChI=1S/C30H57N4O22P3.3Na/c1-13(36)32-22-19(7-16(10-35)25(39)28(22)42)55-58(47,48)52-12-18-9-21(24(34-15(3)38)30(44)27(18)41)56-59(49,50)53-11-17-8-20(54-57(45,46)51-6-4-5-31)23(33-14(2)37)29(43)26(17)40;;;/h16-30,35,39-44H,4-12,31H2,1-3H3,(H,32,36)(H,33,37)(H,34,38)(H,45,46)(H,47,48)(H,49,50);;;/q;3*+1/p-3/t16-,17-,18-,19+,20+,21+,22-,23-,24-,25-,26-,27-,28-,29-,30-;;;/m1.../s1. The second-order valence-corrected chi connectivity index (χ2v) is 18.7. The molecule has 0 aliphatic heterocycles. The van der Waals surface area contributed by atoms with Gasteiger partial charge in [-0.3, -0.25) is 28.1 Å². The quantitative estimate of drug-likeness (QED) is 0.0306. The molecule has 3 saturated carbocycles. The first-order valence-electron chi connectivity index (χ1n) is 18.4. The number of aliphatic hydroxyl groups excluding tert-OH is 7. The van der Waals surface area contributed by atoms with Gasteiger partial charge < -0.3 is 99.3 Å². The average molecular weight is 985 g/mol. The Bertz CT molecular complexity index is 1580. The molecule has 32 heteroatoms. The molecule has 26 nitrogen and oxygen atoms in total. The van der Waals surface area contributed by atoms with Crippen LogP contribution < -0.4 is 125 Å². The van der Waals surface area contributed by atoms with Crippen molar-refractivity contribution >= 4 is 41.2 Å². The monoisotopic (exact) mass is 984 g/mol. The van der Waals surface area contributed by atoms with Crippen LogP contribution >= 0.6 is 23.5 Å². The fraction of sp³-hybridized carbons (Fsp3) is 0.900. The molecule has 0 aromatic carbocycles. The number of nitrogens with two attached hydrogens (primary N) is 1. The van der Waals surface area contributed by atoms with Gasteiger partial charge in [0, 0.05) is 45.1 Å². The van der Waals surface area contributed by atoms with Crippen molar-refractivity contribution in [2.45, 2.75) is 120 Å². The molecule has 12 N–H and O–H groups in total. The third-order valence-corrected chi connectivity index (χ3v) is 13.1. The molecule has 3 amide bonds. The molecule has 18 atom stereocenters. The molecule has 62 heavy (non-hydrogen) atoms. The van der Waals surface area contributed by atoms with Crippen molar-refractivity contribution in [3.05, 3.63) is 0 Å². The van der Waals surface area contributed by atoms with E-state index >= 15 is 0 Å². The van der Waals surface area contributed by atoms with Crippen LogP contribution in [0.3, 0.4) is 0 Å². The van der Waals surface area contributed by atoms with Gasteiger partial charge in [-0.2, -0.15) is 0 Å². The van der Waals surface area contributed by atoms with Crippen LogP contribution in [0.25, 0.3) is 0 Å². The normalized spacial score (nSPS) is 36.4. The second-order valence-electron chi connectivity index (χ2n) is 14.6. The zero-order chi connectivity index (χ0) is 44.6. The molecule has 3 rings (SSSR count). The predicted molar refractivity (Wildman–Crippen MR) is 189 cm³/mol. The third kappa shape index (κ3) is 19.1. The molecule has 3 aliphatic carbocycles. The molecule has 0 aromatic heterocycles. The summed E-state index contributed by atoms with van der Waals surface area (Å²) >= 11 is 0. The number of carbonyl (C=O) groups excluding carboxylic acids is 3. The number of hydrogen-bond donors (Lipinski definition) is 11. The van der Waals surface area contributed by atoms with Gasteiger partial charge in [0.15, 0.2) is 0 Å². The second kappa shape index (κ2) is 28.2. The predicted octanol–water partition coefficient (Wildman–Crippen LogP) is -15.3. The molecule has 0 radical (unpaired) electrons. The van der Waals surface area contributed by atoms with E-state index in [0.717, 1.165) is 20.8 Å². The zero-order valence-electron chi connectivity index (χ0n) is 35.2. The summed E-state index contributed by atoms with van der Waals surface area (Å²) < 4.78 is 68.6. The van der Waals surface area contributed by atoms with Gasteiger partial charge in [-0.05, 0) is 32.2 Å². The van der Waals surface area contributed by atoms with E-state index in [2.05, 4.69) is 16.0 Å². The van der Waals surface area contributed by atoms with Gasteiger partial charge in [-0.25, -0.2) is 0 Å². The minimum absolute atomic E-state index is 0. The summed E-state index contributed by atoms with van der Waals surface area (Å²) in [5.74, 6) is -6.23. The molecule has 0 heterocycles. The minimum Gasteiger partial charge on any atom is -0.756 e. The number of aliphatic hydroxyl groups is 7. The van der Waals surface area contributed by atoms with Crippen LogP contribution in [-0.4, -0.2) is 160 Å². The number of phosphoric acid groups is 3. The first kappa shape index (κ1) is 63.4. The Hall–Kier alpha value is 1.42.